The van der Waals surface area contributed by atoms with Crippen LogP contribution in [0.15, 0.2) is 6.20 Å². The van der Waals surface area contributed by atoms with Gasteiger partial charge in [0.05, 0.1) is 16.9 Å². The van der Waals surface area contributed by atoms with E-state index in [1.165, 1.54) is 0 Å². The molecule has 4 heteroatoms. The molecule has 0 aliphatic heterocycles. The van der Waals surface area contributed by atoms with E-state index in [2.05, 4.69) is 52.0 Å². The second-order valence-corrected chi connectivity index (χ2v) is 5.72. The monoisotopic (exact) mass is 257 g/mol. The molecular formula is C13H24ClN3. The van der Waals surface area contributed by atoms with Crippen molar-refractivity contribution in [2.75, 3.05) is 0 Å². The normalized spacial score (nSPS) is 15.6. The van der Waals surface area contributed by atoms with Gasteiger partial charge in [0.2, 0.25) is 0 Å². The summed E-state index contributed by atoms with van der Waals surface area (Å²) >= 11 is 6.25. The van der Waals surface area contributed by atoms with Crippen molar-refractivity contribution in [3.05, 3.63) is 16.9 Å². The quantitative estimate of drug-likeness (QED) is 0.873. The SMILES string of the molecule is CC(C)NC(C)C(C)c1c(Cl)cnn1C(C)C. The first-order valence-electron chi connectivity index (χ1n) is 6.33. The molecular weight excluding hydrogens is 234 g/mol. The van der Waals surface area contributed by atoms with Gasteiger partial charge in [-0.05, 0) is 20.8 Å². The third kappa shape index (κ3) is 3.46. The van der Waals surface area contributed by atoms with Crippen LogP contribution in [0.5, 0.6) is 0 Å². The van der Waals surface area contributed by atoms with Crippen LogP contribution in [-0.4, -0.2) is 21.9 Å². The average molecular weight is 258 g/mol. The summed E-state index contributed by atoms with van der Waals surface area (Å²) in [5.74, 6) is 0.342. The Labute approximate surface area is 110 Å². The number of nitrogens with one attached hydrogen (secondary N) is 1. The van der Waals surface area contributed by atoms with Crippen molar-refractivity contribution in [3.8, 4) is 0 Å². The molecule has 98 valence electrons. The largest absolute Gasteiger partial charge is 0.311 e. The molecule has 1 N–H and O–H groups in total. The summed E-state index contributed by atoms with van der Waals surface area (Å²) in [5.41, 5.74) is 1.13. The fourth-order valence-electron chi connectivity index (χ4n) is 2.10. The lowest BCUT2D eigenvalue weighted by Gasteiger charge is -2.25. The second-order valence-electron chi connectivity index (χ2n) is 5.31. The highest BCUT2D eigenvalue weighted by Gasteiger charge is 2.23. The number of nitrogens with zero attached hydrogens (tertiary/aromatic N) is 2. The number of halogens is 1. The van der Waals surface area contributed by atoms with Gasteiger partial charge in [-0.2, -0.15) is 5.10 Å². The van der Waals surface area contributed by atoms with Crippen LogP contribution in [0.25, 0.3) is 0 Å². The summed E-state index contributed by atoms with van der Waals surface area (Å²) in [7, 11) is 0. The van der Waals surface area contributed by atoms with Crippen LogP contribution in [0.1, 0.15) is 59.2 Å². The molecule has 0 saturated heterocycles. The lowest BCUT2D eigenvalue weighted by atomic mass is 9.98. The molecule has 0 aromatic carbocycles. The highest BCUT2D eigenvalue weighted by atomic mass is 35.5. The van der Waals surface area contributed by atoms with Gasteiger partial charge < -0.3 is 5.32 Å². The summed E-state index contributed by atoms with van der Waals surface area (Å²) in [6.07, 6.45) is 1.75. The molecule has 2 unspecified atom stereocenters. The van der Waals surface area contributed by atoms with Gasteiger partial charge in [-0.15, -0.1) is 0 Å². The number of rotatable bonds is 5. The number of aromatic nitrogens is 2. The van der Waals surface area contributed by atoms with Crippen LogP contribution in [0.3, 0.4) is 0 Å². The van der Waals surface area contributed by atoms with E-state index in [0.29, 0.717) is 24.0 Å². The first kappa shape index (κ1) is 14.5. The summed E-state index contributed by atoms with van der Waals surface area (Å²) in [5, 5.41) is 8.65. The Balaban J connectivity index is 2.94. The molecule has 0 bridgehead atoms. The van der Waals surface area contributed by atoms with Crippen molar-refractivity contribution in [3.63, 3.8) is 0 Å². The van der Waals surface area contributed by atoms with Crippen molar-refractivity contribution >= 4 is 11.6 Å². The van der Waals surface area contributed by atoms with Crippen molar-refractivity contribution in [2.45, 2.75) is 65.6 Å². The third-order valence-electron chi connectivity index (χ3n) is 3.05. The lowest BCUT2D eigenvalue weighted by Crippen LogP contribution is -2.37. The van der Waals surface area contributed by atoms with Crippen molar-refractivity contribution in [1.82, 2.24) is 15.1 Å². The Morgan fingerprint density at radius 3 is 2.24 bits per heavy atom. The molecule has 0 fully saturated rings. The van der Waals surface area contributed by atoms with E-state index < -0.39 is 0 Å². The second kappa shape index (κ2) is 5.87. The molecule has 0 aliphatic carbocycles. The highest BCUT2D eigenvalue weighted by Crippen LogP contribution is 2.29. The van der Waals surface area contributed by atoms with Crippen LogP contribution >= 0.6 is 11.6 Å². The van der Waals surface area contributed by atoms with Gasteiger partial charge in [-0.1, -0.05) is 32.4 Å². The zero-order valence-corrected chi connectivity index (χ0v) is 12.4. The predicted octanol–water partition coefficient (Wildman–Crippen LogP) is 3.61. The molecule has 1 rings (SSSR count). The molecule has 2 atom stereocenters. The van der Waals surface area contributed by atoms with Gasteiger partial charge in [-0.3, -0.25) is 4.68 Å². The van der Waals surface area contributed by atoms with E-state index >= 15 is 0 Å². The molecule has 0 aliphatic rings. The number of hydrogen-bond donors (Lipinski definition) is 1. The zero-order chi connectivity index (χ0) is 13.2. The van der Waals surface area contributed by atoms with Crippen molar-refractivity contribution < 1.29 is 0 Å². The molecule has 0 saturated carbocycles. The minimum atomic E-state index is 0.339. The van der Waals surface area contributed by atoms with E-state index in [1.807, 2.05) is 4.68 Å². The molecule has 0 amide bonds. The summed E-state index contributed by atoms with van der Waals surface area (Å²) < 4.78 is 2.02. The van der Waals surface area contributed by atoms with Crippen LogP contribution in [-0.2, 0) is 0 Å². The molecule has 1 aromatic heterocycles. The standard InChI is InChI=1S/C13H24ClN3/c1-8(2)16-11(6)10(5)13-12(14)7-15-17(13)9(3)4/h7-11,16H,1-6H3. The van der Waals surface area contributed by atoms with E-state index in [0.717, 1.165) is 10.7 Å². The summed E-state index contributed by atoms with van der Waals surface area (Å²) in [6.45, 7) is 13.0. The average Bonchev–Trinajstić information content (AvgIpc) is 2.58. The molecule has 0 radical (unpaired) electrons. The van der Waals surface area contributed by atoms with Gasteiger partial charge in [0.25, 0.3) is 0 Å². The maximum Gasteiger partial charge on any atom is 0.0821 e. The van der Waals surface area contributed by atoms with Crippen LogP contribution in [0.4, 0.5) is 0 Å². The molecule has 1 aromatic rings. The van der Waals surface area contributed by atoms with Gasteiger partial charge in [0, 0.05) is 24.0 Å². The fourth-order valence-corrected chi connectivity index (χ4v) is 2.40. The molecule has 17 heavy (non-hydrogen) atoms. The fraction of sp³-hybridized carbons (Fsp3) is 0.769. The van der Waals surface area contributed by atoms with Crippen LogP contribution in [0, 0.1) is 0 Å². The predicted molar refractivity (Wildman–Crippen MR) is 73.8 cm³/mol. The first-order chi connectivity index (χ1) is 7.84. The number of hydrogen-bond acceptors (Lipinski definition) is 2. The molecule has 1 heterocycles. The maximum atomic E-state index is 6.25. The van der Waals surface area contributed by atoms with Gasteiger partial charge >= 0.3 is 0 Å². The van der Waals surface area contributed by atoms with E-state index in [1.54, 1.807) is 6.20 Å². The molecule has 0 spiro atoms. The molecule has 3 nitrogen and oxygen atoms in total. The first-order valence-corrected chi connectivity index (χ1v) is 6.71. The summed E-state index contributed by atoms with van der Waals surface area (Å²) in [4.78, 5) is 0. The Kier molecular flexibility index (Phi) is 5.02. The minimum Gasteiger partial charge on any atom is -0.311 e. The van der Waals surface area contributed by atoms with E-state index in [4.69, 9.17) is 11.6 Å². The van der Waals surface area contributed by atoms with Crippen molar-refractivity contribution in [1.29, 1.82) is 0 Å². The van der Waals surface area contributed by atoms with Gasteiger partial charge in [-0.25, -0.2) is 0 Å². The van der Waals surface area contributed by atoms with Crippen LogP contribution < -0.4 is 5.32 Å². The smallest absolute Gasteiger partial charge is 0.0821 e. The summed E-state index contributed by atoms with van der Waals surface area (Å²) in [6, 6.07) is 1.19. The Morgan fingerprint density at radius 1 is 1.18 bits per heavy atom. The van der Waals surface area contributed by atoms with Crippen LogP contribution in [0.2, 0.25) is 5.02 Å². The Bertz CT molecular complexity index is 358. The maximum absolute atomic E-state index is 6.25. The van der Waals surface area contributed by atoms with Gasteiger partial charge in [0.1, 0.15) is 0 Å². The Hall–Kier alpha value is -0.540. The van der Waals surface area contributed by atoms with Gasteiger partial charge in [0.15, 0.2) is 0 Å². The van der Waals surface area contributed by atoms with Crippen molar-refractivity contribution in [2.24, 2.45) is 0 Å². The van der Waals surface area contributed by atoms with E-state index in [9.17, 15) is 0 Å². The highest BCUT2D eigenvalue weighted by molar-refractivity contribution is 6.31. The van der Waals surface area contributed by atoms with E-state index in [-0.39, 0.29) is 0 Å². The third-order valence-corrected chi connectivity index (χ3v) is 3.34. The Morgan fingerprint density at radius 2 is 1.76 bits per heavy atom. The lowest BCUT2D eigenvalue weighted by molar-refractivity contribution is 0.407. The minimum absolute atomic E-state index is 0.339. The zero-order valence-electron chi connectivity index (χ0n) is 11.7. The topological polar surface area (TPSA) is 29.9 Å².